The zero-order valence-electron chi connectivity index (χ0n) is 11.2. The third-order valence-electron chi connectivity index (χ3n) is 3.23. The number of aryl methyl sites for hydroxylation is 2. The van der Waals surface area contributed by atoms with Gasteiger partial charge in [0.25, 0.3) is 5.65 Å². The average molecular weight is 267 g/mol. The van der Waals surface area contributed by atoms with Crippen molar-refractivity contribution in [1.82, 2.24) is 9.38 Å². The third-order valence-corrected chi connectivity index (χ3v) is 3.23. The fourth-order valence-corrected chi connectivity index (χ4v) is 2.32. The Labute approximate surface area is 115 Å². The van der Waals surface area contributed by atoms with Gasteiger partial charge in [-0.25, -0.2) is 0 Å². The molecule has 3 rings (SSSR count). The first-order valence-corrected chi connectivity index (χ1v) is 6.26. The van der Waals surface area contributed by atoms with E-state index in [0.29, 0.717) is 11.3 Å². The molecular weight excluding hydrogens is 254 g/mol. The highest BCUT2D eigenvalue weighted by molar-refractivity contribution is 5.73. The Hall–Kier alpha value is -2.69. The Morgan fingerprint density at radius 2 is 1.90 bits per heavy atom. The van der Waals surface area contributed by atoms with Crippen molar-refractivity contribution in [3.8, 4) is 11.3 Å². The van der Waals surface area contributed by atoms with Crippen LogP contribution >= 0.6 is 0 Å². The summed E-state index contributed by atoms with van der Waals surface area (Å²) in [6.45, 7) is 3.90. The molecule has 0 saturated carbocycles. The standard InChI is InChI=1S/C15H13N3O2/c1-10-4-3-5-12(8-10)14-15(18(19)20)16-13-9-11(2)6-7-17(13)14/h3-9H,1-2H3. The molecule has 0 aliphatic heterocycles. The highest BCUT2D eigenvalue weighted by Gasteiger charge is 2.24. The third kappa shape index (κ3) is 1.93. The smallest absolute Gasteiger partial charge is 0.358 e. The van der Waals surface area contributed by atoms with Crippen LogP contribution in [-0.2, 0) is 0 Å². The minimum atomic E-state index is -0.431. The lowest BCUT2D eigenvalue weighted by molar-refractivity contribution is -0.388. The van der Waals surface area contributed by atoms with Crippen molar-refractivity contribution < 1.29 is 4.92 Å². The van der Waals surface area contributed by atoms with Gasteiger partial charge in [-0.1, -0.05) is 23.8 Å². The molecule has 0 aliphatic carbocycles. The number of nitro groups is 1. The number of fused-ring (bicyclic) bond motifs is 1. The van der Waals surface area contributed by atoms with Crippen molar-refractivity contribution in [2.45, 2.75) is 13.8 Å². The molecule has 20 heavy (non-hydrogen) atoms. The molecule has 0 saturated heterocycles. The van der Waals surface area contributed by atoms with Gasteiger partial charge in [0.1, 0.15) is 0 Å². The van der Waals surface area contributed by atoms with Crippen LogP contribution in [0.2, 0.25) is 0 Å². The van der Waals surface area contributed by atoms with Gasteiger partial charge in [-0.2, -0.15) is 0 Å². The van der Waals surface area contributed by atoms with Crippen LogP contribution in [0, 0.1) is 24.0 Å². The first-order valence-electron chi connectivity index (χ1n) is 6.26. The first-order chi connectivity index (χ1) is 9.56. The van der Waals surface area contributed by atoms with E-state index in [1.807, 2.05) is 56.4 Å². The van der Waals surface area contributed by atoms with Gasteiger partial charge in [-0.05, 0) is 41.5 Å². The molecule has 2 aromatic heterocycles. The monoisotopic (exact) mass is 267 g/mol. The summed E-state index contributed by atoms with van der Waals surface area (Å²) < 4.78 is 1.76. The van der Waals surface area contributed by atoms with Crippen molar-refractivity contribution in [3.05, 3.63) is 63.8 Å². The minimum Gasteiger partial charge on any atom is -0.358 e. The van der Waals surface area contributed by atoms with Crippen molar-refractivity contribution in [2.75, 3.05) is 0 Å². The Bertz CT molecular complexity index is 821. The molecule has 0 radical (unpaired) electrons. The molecule has 0 unspecified atom stereocenters. The topological polar surface area (TPSA) is 60.4 Å². The normalized spacial score (nSPS) is 10.9. The summed E-state index contributed by atoms with van der Waals surface area (Å²) in [5.74, 6) is -0.110. The van der Waals surface area contributed by atoms with Crippen molar-refractivity contribution in [3.63, 3.8) is 0 Å². The number of rotatable bonds is 2. The van der Waals surface area contributed by atoms with Crippen LogP contribution in [0.5, 0.6) is 0 Å². The maximum absolute atomic E-state index is 11.3. The Kier molecular flexibility index (Phi) is 2.75. The number of imidazole rings is 1. The maximum atomic E-state index is 11.3. The Balaban J connectivity index is 2.37. The Morgan fingerprint density at radius 3 is 2.60 bits per heavy atom. The maximum Gasteiger partial charge on any atom is 0.390 e. The van der Waals surface area contributed by atoms with Crippen LogP contribution in [0.3, 0.4) is 0 Å². The van der Waals surface area contributed by atoms with Gasteiger partial charge in [0.2, 0.25) is 0 Å². The molecule has 0 amide bonds. The fraction of sp³-hybridized carbons (Fsp3) is 0.133. The van der Waals surface area contributed by atoms with Gasteiger partial charge in [0.05, 0.1) is 0 Å². The molecule has 0 fully saturated rings. The lowest BCUT2D eigenvalue weighted by Gasteiger charge is -2.02. The molecule has 0 aliphatic rings. The number of benzene rings is 1. The van der Waals surface area contributed by atoms with Crippen molar-refractivity contribution in [2.24, 2.45) is 0 Å². The van der Waals surface area contributed by atoms with Crippen LogP contribution in [0.25, 0.3) is 16.9 Å². The number of hydrogen-bond donors (Lipinski definition) is 0. The second-order valence-electron chi connectivity index (χ2n) is 4.84. The van der Waals surface area contributed by atoms with E-state index in [2.05, 4.69) is 4.98 Å². The van der Waals surface area contributed by atoms with E-state index in [-0.39, 0.29) is 5.82 Å². The van der Waals surface area contributed by atoms with Crippen molar-refractivity contribution >= 4 is 11.5 Å². The molecule has 100 valence electrons. The number of aromatic nitrogens is 2. The quantitative estimate of drug-likeness (QED) is 0.527. The lowest BCUT2D eigenvalue weighted by Crippen LogP contribution is -1.93. The number of nitrogens with zero attached hydrogens (tertiary/aromatic N) is 3. The molecular formula is C15H13N3O2. The molecule has 0 bridgehead atoms. The summed E-state index contributed by atoms with van der Waals surface area (Å²) in [4.78, 5) is 15.0. The summed E-state index contributed by atoms with van der Waals surface area (Å²) in [5.41, 5.74) is 3.99. The summed E-state index contributed by atoms with van der Waals surface area (Å²) in [5, 5.41) is 11.3. The van der Waals surface area contributed by atoms with Gasteiger partial charge in [-0.15, -0.1) is 0 Å². The second-order valence-corrected chi connectivity index (χ2v) is 4.84. The zero-order valence-corrected chi connectivity index (χ0v) is 11.2. The Morgan fingerprint density at radius 1 is 1.15 bits per heavy atom. The largest absolute Gasteiger partial charge is 0.390 e. The number of hydrogen-bond acceptors (Lipinski definition) is 3. The average Bonchev–Trinajstić information content (AvgIpc) is 2.77. The molecule has 1 aromatic carbocycles. The molecule has 5 nitrogen and oxygen atoms in total. The van der Waals surface area contributed by atoms with E-state index >= 15 is 0 Å². The van der Waals surface area contributed by atoms with E-state index < -0.39 is 4.92 Å². The molecule has 5 heteroatoms. The second kappa shape index (κ2) is 4.45. The van der Waals surface area contributed by atoms with E-state index in [4.69, 9.17) is 0 Å². The molecule has 0 atom stereocenters. The summed E-state index contributed by atoms with van der Waals surface area (Å²) in [6.07, 6.45) is 1.82. The van der Waals surface area contributed by atoms with Crippen LogP contribution in [0.15, 0.2) is 42.6 Å². The van der Waals surface area contributed by atoms with E-state index in [1.54, 1.807) is 4.40 Å². The summed E-state index contributed by atoms with van der Waals surface area (Å²) >= 11 is 0. The van der Waals surface area contributed by atoms with Crippen LogP contribution in [0.1, 0.15) is 11.1 Å². The summed E-state index contributed by atoms with van der Waals surface area (Å²) in [7, 11) is 0. The van der Waals surface area contributed by atoms with Gasteiger partial charge < -0.3 is 10.1 Å². The fourth-order valence-electron chi connectivity index (χ4n) is 2.32. The molecule has 3 aromatic rings. The van der Waals surface area contributed by atoms with Crippen LogP contribution in [0.4, 0.5) is 5.82 Å². The van der Waals surface area contributed by atoms with Crippen molar-refractivity contribution in [1.29, 1.82) is 0 Å². The van der Waals surface area contributed by atoms with Gasteiger partial charge >= 0.3 is 5.82 Å². The minimum absolute atomic E-state index is 0.110. The SMILES string of the molecule is Cc1cccc(-c2c([N+](=O)[O-])nc3cc(C)ccn23)c1. The predicted molar refractivity (Wildman–Crippen MR) is 76.8 cm³/mol. The van der Waals surface area contributed by atoms with Gasteiger partial charge in [0, 0.05) is 17.8 Å². The number of pyridine rings is 1. The van der Waals surface area contributed by atoms with E-state index in [1.165, 1.54) is 0 Å². The highest BCUT2D eigenvalue weighted by atomic mass is 16.6. The summed E-state index contributed by atoms with van der Waals surface area (Å²) in [6, 6.07) is 11.4. The molecule has 0 spiro atoms. The lowest BCUT2D eigenvalue weighted by atomic mass is 10.1. The molecule has 0 N–H and O–H groups in total. The van der Waals surface area contributed by atoms with E-state index in [9.17, 15) is 10.1 Å². The first kappa shape index (κ1) is 12.3. The van der Waals surface area contributed by atoms with Crippen LogP contribution in [-0.4, -0.2) is 14.3 Å². The van der Waals surface area contributed by atoms with E-state index in [0.717, 1.165) is 16.7 Å². The highest BCUT2D eigenvalue weighted by Crippen LogP contribution is 2.31. The van der Waals surface area contributed by atoms with Crippen LogP contribution < -0.4 is 0 Å². The van der Waals surface area contributed by atoms with Gasteiger partial charge in [-0.3, -0.25) is 4.40 Å². The molecule has 2 heterocycles. The zero-order chi connectivity index (χ0) is 14.3. The van der Waals surface area contributed by atoms with Gasteiger partial charge in [0.15, 0.2) is 5.69 Å². The predicted octanol–water partition coefficient (Wildman–Crippen LogP) is 3.53.